The lowest BCUT2D eigenvalue weighted by Crippen LogP contribution is -2.21. The van der Waals surface area contributed by atoms with Crippen LogP contribution in [0.1, 0.15) is 21.5 Å². The number of ether oxygens (including phenoxy) is 1. The van der Waals surface area contributed by atoms with E-state index in [0.29, 0.717) is 22.0 Å². The molecule has 5 nitrogen and oxygen atoms in total. The lowest BCUT2D eigenvalue weighted by atomic mass is 10.0. The second-order valence-electron chi connectivity index (χ2n) is 6.26. The molecule has 1 heterocycles. The van der Waals surface area contributed by atoms with Crippen LogP contribution >= 0.6 is 23.4 Å². The van der Waals surface area contributed by atoms with Gasteiger partial charge < -0.3 is 4.74 Å². The molecule has 28 heavy (non-hydrogen) atoms. The Morgan fingerprint density at radius 3 is 2.68 bits per heavy atom. The quantitative estimate of drug-likeness (QED) is 0.439. The lowest BCUT2D eigenvalue weighted by molar-refractivity contribution is 0.102. The van der Waals surface area contributed by atoms with E-state index in [1.54, 1.807) is 24.4 Å². The van der Waals surface area contributed by atoms with Gasteiger partial charge in [0.05, 0.1) is 23.6 Å². The molecule has 0 saturated heterocycles. The van der Waals surface area contributed by atoms with Gasteiger partial charge >= 0.3 is 0 Å². The van der Waals surface area contributed by atoms with E-state index in [9.17, 15) is 9.59 Å². The number of Topliss-reactive ketones (excluding diaryl/α,β-unsaturated/α-hetero) is 1. The Labute approximate surface area is 172 Å². The molecule has 144 valence electrons. The number of ketones is 1. The predicted molar refractivity (Wildman–Crippen MR) is 112 cm³/mol. The Morgan fingerprint density at radius 1 is 1.21 bits per heavy atom. The summed E-state index contributed by atoms with van der Waals surface area (Å²) in [6.07, 6.45) is 3.10. The van der Waals surface area contributed by atoms with Crippen LogP contribution in [0.4, 0.5) is 0 Å². The molecule has 0 bridgehead atoms. The van der Waals surface area contributed by atoms with E-state index in [0.717, 1.165) is 22.9 Å². The largest absolute Gasteiger partial charge is 0.495 e. The van der Waals surface area contributed by atoms with Crippen molar-refractivity contribution in [2.75, 3.05) is 12.9 Å². The van der Waals surface area contributed by atoms with Crippen molar-refractivity contribution >= 4 is 29.1 Å². The van der Waals surface area contributed by atoms with Crippen LogP contribution in [0.2, 0.25) is 5.02 Å². The van der Waals surface area contributed by atoms with Crippen LogP contribution in [0.15, 0.2) is 58.6 Å². The monoisotopic (exact) mass is 414 g/mol. The van der Waals surface area contributed by atoms with Gasteiger partial charge in [-0.25, -0.2) is 4.98 Å². The summed E-state index contributed by atoms with van der Waals surface area (Å²) in [6, 6.07) is 10.8. The van der Waals surface area contributed by atoms with E-state index in [1.807, 2.05) is 32.0 Å². The van der Waals surface area contributed by atoms with Gasteiger partial charge in [-0.05, 0) is 37.6 Å². The second kappa shape index (κ2) is 8.63. The molecule has 3 rings (SSSR count). The van der Waals surface area contributed by atoms with Crippen molar-refractivity contribution in [1.29, 1.82) is 0 Å². The van der Waals surface area contributed by atoms with Crippen LogP contribution < -0.4 is 10.3 Å². The lowest BCUT2D eigenvalue weighted by Gasteiger charge is -2.10. The Morgan fingerprint density at radius 2 is 2.00 bits per heavy atom. The van der Waals surface area contributed by atoms with Crippen LogP contribution in [-0.2, 0) is 0 Å². The maximum atomic E-state index is 12.8. The summed E-state index contributed by atoms with van der Waals surface area (Å²) in [5.74, 6) is 0.632. The molecule has 0 spiro atoms. The molecule has 0 aliphatic rings. The SMILES string of the molecule is COc1ccc(-n2ccnc(SCC(=O)c3ccc(C)cc3C)c2=O)cc1Cl. The maximum Gasteiger partial charge on any atom is 0.287 e. The number of nitrogens with zero attached hydrogens (tertiary/aromatic N) is 2. The maximum absolute atomic E-state index is 12.8. The number of aromatic nitrogens is 2. The minimum absolute atomic E-state index is 0.0356. The molecule has 0 aliphatic carbocycles. The first kappa shape index (κ1) is 20.2. The first-order valence-corrected chi connectivity index (χ1v) is 9.92. The average molecular weight is 415 g/mol. The van der Waals surface area contributed by atoms with E-state index in [4.69, 9.17) is 16.3 Å². The zero-order valence-electron chi connectivity index (χ0n) is 15.7. The highest BCUT2D eigenvalue weighted by Crippen LogP contribution is 2.26. The van der Waals surface area contributed by atoms with Crippen LogP contribution in [0.25, 0.3) is 5.69 Å². The normalized spacial score (nSPS) is 10.7. The Hall–Kier alpha value is -2.57. The molecule has 7 heteroatoms. The molecule has 0 atom stereocenters. The Balaban J connectivity index is 1.82. The molecule has 0 radical (unpaired) electrons. The number of benzene rings is 2. The molecule has 0 unspecified atom stereocenters. The van der Waals surface area contributed by atoms with Crippen LogP contribution in [-0.4, -0.2) is 28.2 Å². The molecule has 0 amide bonds. The zero-order valence-corrected chi connectivity index (χ0v) is 17.3. The fourth-order valence-electron chi connectivity index (χ4n) is 2.84. The average Bonchev–Trinajstić information content (AvgIpc) is 2.67. The van der Waals surface area contributed by atoms with Crippen molar-refractivity contribution in [3.63, 3.8) is 0 Å². The summed E-state index contributed by atoms with van der Waals surface area (Å²) < 4.78 is 6.59. The third kappa shape index (κ3) is 4.29. The minimum atomic E-state index is -0.304. The second-order valence-corrected chi connectivity index (χ2v) is 7.63. The number of carbonyl (C=O) groups is 1. The molecule has 0 fully saturated rings. The highest BCUT2D eigenvalue weighted by atomic mass is 35.5. The van der Waals surface area contributed by atoms with Gasteiger partial charge in [0.15, 0.2) is 10.8 Å². The van der Waals surface area contributed by atoms with Gasteiger partial charge in [-0.1, -0.05) is 47.1 Å². The van der Waals surface area contributed by atoms with Gasteiger partial charge in [-0.15, -0.1) is 0 Å². The van der Waals surface area contributed by atoms with Crippen LogP contribution in [0.5, 0.6) is 5.75 Å². The van der Waals surface area contributed by atoms with E-state index in [-0.39, 0.29) is 22.1 Å². The number of carbonyl (C=O) groups excluding carboxylic acids is 1. The first-order valence-electron chi connectivity index (χ1n) is 8.55. The van der Waals surface area contributed by atoms with Gasteiger partial charge in [0.1, 0.15) is 5.75 Å². The highest BCUT2D eigenvalue weighted by Gasteiger charge is 2.14. The van der Waals surface area contributed by atoms with Crippen molar-refractivity contribution in [2.24, 2.45) is 0 Å². The van der Waals surface area contributed by atoms with Crippen molar-refractivity contribution < 1.29 is 9.53 Å². The highest BCUT2D eigenvalue weighted by molar-refractivity contribution is 7.99. The summed E-state index contributed by atoms with van der Waals surface area (Å²) in [7, 11) is 1.53. The smallest absolute Gasteiger partial charge is 0.287 e. The van der Waals surface area contributed by atoms with E-state index in [1.165, 1.54) is 17.9 Å². The number of aryl methyl sites for hydroxylation is 2. The fraction of sp³-hybridized carbons (Fsp3) is 0.190. The summed E-state index contributed by atoms with van der Waals surface area (Å²) in [5, 5.41) is 0.662. The molecule has 0 saturated carbocycles. The number of hydrogen-bond donors (Lipinski definition) is 0. The molecular formula is C21H19ClN2O3S. The zero-order chi connectivity index (χ0) is 20.3. The first-order chi connectivity index (χ1) is 13.4. The number of halogens is 1. The van der Waals surface area contributed by atoms with Gasteiger partial charge in [0.25, 0.3) is 5.56 Å². The van der Waals surface area contributed by atoms with Gasteiger partial charge in [-0.3, -0.25) is 14.2 Å². The molecular weight excluding hydrogens is 396 g/mol. The molecule has 3 aromatic rings. The summed E-state index contributed by atoms with van der Waals surface area (Å²) in [4.78, 5) is 29.5. The molecule has 0 aliphatic heterocycles. The Bertz CT molecular complexity index is 1100. The molecule has 0 N–H and O–H groups in total. The number of rotatable bonds is 6. The standard InChI is InChI=1S/C21H19ClN2O3S/c1-13-4-6-16(14(2)10-13)18(25)12-28-20-21(26)24(9-8-23-20)15-5-7-19(27-3)17(22)11-15/h4-11H,12H2,1-3H3. The van der Waals surface area contributed by atoms with Crippen molar-refractivity contribution in [2.45, 2.75) is 18.9 Å². The number of methoxy groups -OCH3 is 1. The Kier molecular flexibility index (Phi) is 6.21. The summed E-state index contributed by atoms with van der Waals surface area (Å²) in [5.41, 5.74) is 2.99. The van der Waals surface area contributed by atoms with Crippen molar-refractivity contribution in [3.8, 4) is 11.4 Å². The third-order valence-corrected chi connectivity index (χ3v) is 5.50. The predicted octanol–water partition coefficient (Wildman–Crippen LogP) is 4.49. The van der Waals surface area contributed by atoms with Gasteiger partial charge in [-0.2, -0.15) is 0 Å². The summed E-state index contributed by atoms with van der Waals surface area (Å²) >= 11 is 7.29. The van der Waals surface area contributed by atoms with E-state index >= 15 is 0 Å². The number of hydrogen-bond acceptors (Lipinski definition) is 5. The molecule has 2 aromatic carbocycles. The van der Waals surface area contributed by atoms with E-state index in [2.05, 4.69) is 4.98 Å². The summed E-state index contributed by atoms with van der Waals surface area (Å²) in [6.45, 7) is 3.89. The van der Waals surface area contributed by atoms with E-state index < -0.39 is 0 Å². The van der Waals surface area contributed by atoms with Gasteiger partial charge in [0, 0.05) is 18.0 Å². The van der Waals surface area contributed by atoms with Crippen LogP contribution in [0.3, 0.4) is 0 Å². The van der Waals surface area contributed by atoms with Gasteiger partial charge in [0.2, 0.25) is 0 Å². The third-order valence-electron chi connectivity index (χ3n) is 4.25. The number of thioether (sulfide) groups is 1. The topological polar surface area (TPSA) is 61.2 Å². The van der Waals surface area contributed by atoms with Crippen LogP contribution in [0, 0.1) is 13.8 Å². The van der Waals surface area contributed by atoms with Crippen molar-refractivity contribution in [3.05, 3.63) is 80.9 Å². The minimum Gasteiger partial charge on any atom is -0.495 e. The van der Waals surface area contributed by atoms with Crippen molar-refractivity contribution in [1.82, 2.24) is 9.55 Å². The fourth-order valence-corrected chi connectivity index (χ4v) is 3.87. The molecule has 1 aromatic heterocycles.